The molecule has 0 heterocycles. The minimum absolute atomic E-state index is 0.0266. The number of nitrogens with zero attached hydrogens (tertiary/aromatic N) is 1. The molecule has 1 N–H and O–H groups in total. The Kier molecular flexibility index (Phi) is 6.11. The predicted octanol–water partition coefficient (Wildman–Crippen LogP) is 4.11. The van der Waals surface area contributed by atoms with Crippen molar-refractivity contribution in [3.8, 4) is 0 Å². The number of anilines is 1. The molecule has 2 amide bonds. The Hall–Kier alpha value is -2.02. The van der Waals surface area contributed by atoms with Crippen molar-refractivity contribution in [2.75, 3.05) is 18.9 Å². The third kappa shape index (κ3) is 5.49. The zero-order valence-corrected chi connectivity index (χ0v) is 14.3. The van der Waals surface area contributed by atoms with E-state index in [1.807, 2.05) is 12.2 Å². The molecule has 0 radical (unpaired) electrons. The van der Waals surface area contributed by atoms with Crippen LogP contribution in [-0.2, 0) is 15.8 Å². The average molecular weight is 375 g/mol. The summed E-state index contributed by atoms with van der Waals surface area (Å²) < 4.78 is 38.5. The van der Waals surface area contributed by atoms with Crippen LogP contribution in [0.15, 0.2) is 30.4 Å². The van der Waals surface area contributed by atoms with Gasteiger partial charge >= 0.3 is 6.18 Å². The van der Waals surface area contributed by atoms with Gasteiger partial charge in [-0.1, -0.05) is 23.8 Å². The number of amides is 2. The van der Waals surface area contributed by atoms with Gasteiger partial charge in [0.25, 0.3) is 0 Å². The van der Waals surface area contributed by atoms with E-state index in [1.165, 1.54) is 18.0 Å². The van der Waals surface area contributed by atoms with E-state index in [4.69, 9.17) is 11.6 Å². The highest BCUT2D eigenvalue weighted by atomic mass is 35.5. The maximum absolute atomic E-state index is 12.8. The number of likely N-dealkylation sites (N-methyl/N-ethyl adjacent to an activating group) is 1. The first-order valence-corrected chi connectivity index (χ1v) is 8.12. The van der Waals surface area contributed by atoms with E-state index in [1.54, 1.807) is 0 Å². The van der Waals surface area contributed by atoms with E-state index in [9.17, 15) is 22.8 Å². The summed E-state index contributed by atoms with van der Waals surface area (Å²) >= 11 is 5.53. The number of benzene rings is 1. The molecule has 25 heavy (non-hydrogen) atoms. The molecule has 0 saturated carbocycles. The van der Waals surface area contributed by atoms with Crippen LogP contribution in [-0.4, -0.2) is 30.3 Å². The number of alkyl halides is 3. The number of rotatable bonds is 5. The average Bonchev–Trinajstić information content (AvgIpc) is 3.00. The Morgan fingerprint density at radius 1 is 1.36 bits per heavy atom. The Labute approximate surface area is 148 Å². The van der Waals surface area contributed by atoms with Crippen molar-refractivity contribution < 1.29 is 22.8 Å². The molecule has 4 nitrogen and oxygen atoms in total. The minimum Gasteiger partial charge on any atom is -0.336 e. The number of hydrogen-bond acceptors (Lipinski definition) is 2. The maximum Gasteiger partial charge on any atom is 0.417 e. The predicted molar refractivity (Wildman–Crippen MR) is 89.2 cm³/mol. The van der Waals surface area contributed by atoms with E-state index in [-0.39, 0.29) is 24.1 Å². The monoisotopic (exact) mass is 374 g/mol. The zero-order chi connectivity index (χ0) is 18.6. The van der Waals surface area contributed by atoms with Crippen LogP contribution in [0.5, 0.6) is 0 Å². The number of halogens is 4. The molecule has 0 fully saturated rings. The fourth-order valence-electron chi connectivity index (χ4n) is 2.57. The van der Waals surface area contributed by atoms with Crippen LogP contribution in [0.2, 0.25) is 5.02 Å². The third-order valence-corrected chi connectivity index (χ3v) is 4.24. The van der Waals surface area contributed by atoms with Crippen LogP contribution in [0.3, 0.4) is 0 Å². The first-order chi connectivity index (χ1) is 11.7. The quantitative estimate of drug-likeness (QED) is 0.788. The van der Waals surface area contributed by atoms with Crippen LogP contribution in [0, 0.1) is 5.92 Å². The Bertz CT molecular complexity index is 689. The van der Waals surface area contributed by atoms with Gasteiger partial charge in [-0.05, 0) is 37.0 Å². The lowest BCUT2D eigenvalue weighted by Gasteiger charge is -2.19. The molecule has 136 valence electrons. The first-order valence-electron chi connectivity index (χ1n) is 7.74. The molecule has 1 aliphatic rings. The van der Waals surface area contributed by atoms with Gasteiger partial charge in [0, 0.05) is 19.2 Å². The van der Waals surface area contributed by atoms with Gasteiger partial charge in [-0.15, -0.1) is 0 Å². The summed E-state index contributed by atoms with van der Waals surface area (Å²) in [5.74, 6) is -0.573. The van der Waals surface area contributed by atoms with E-state index in [2.05, 4.69) is 5.32 Å². The summed E-state index contributed by atoms with van der Waals surface area (Å²) in [5.41, 5.74) is -1.05. The Morgan fingerprint density at radius 3 is 2.68 bits per heavy atom. The molecule has 0 unspecified atom stereocenters. The number of hydrogen-bond donors (Lipinski definition) is 1. The Balaban J connectivity index is 1.93. The van der Waals surface area contributed by atoms with Crippen LogP contribution >= 0.6 is 11.6 Å². The summed E-state index contributed by atoms with van der Waals surface area (Å²) in [6, 6.07) is 3.12. The fraction of sp³-hybridized carbons (Fsp3) is 0.412. The van der Waals surface area contributed by atoms with Gasteiger partial charge in [-0.25, -0.2) is 0 Å². The van der Waals surface area contributed by atoms with Gasteiger partial charge in [0.1, 0.15) is 0 Å². The third-order valence-electron chi connectivity index (χ3n) is 3.91. The molecule has 0 bridgehead atoms. The van der Waals surface area contributed by atoms with Gasteiger partial charge < -0.3 is 10.2 Å². The zero-order valence-electron chi connectivity index (χ0n) is 13.6. The van der Waals surface area contributed by atoms with Crippen LogP contribution in [0.1, 0.15) is 24.8 Å². The van der Waals surface area contributed by atoms with Crippen molar-refractivity contribution in [1.29, 1.82) is 0 Å². The topological polar surface area (TPSA) is 49.4 Å². The van der Waals surface area contributed by atoms with E-state index >= 15 is 0 Å². The molecular formula is C17H18ClF3N2O2. The number of carbonyl (C=O) groups is 2. The molecule has 1 atom stereocenters. The van der Waals surface area contributed by atoms with Crippen molar-refractivity contribution >= 4 is 29.1 Å². The van der Waals surface area contributed by atoms with Gasteiger partial charge in [0.15, 0.2) is 0 Å². The molecule has 0 spiro atoms. The second-order valence-electron chi connectivity index (χ2n) is 5.96. The fourth-order valence-corrected chi connectivity index (χ4v) is 2.79. The molecule has 1 aromatic rings. The largest absolute Gasteiger partial charge is 0.417 e. The normalized spacial score (nSPS) is 16.8. The van der Waals surface area contributed by atoms with Gasteiger partial charge in [-0.3, -0.25) is 9.59 Å². The maximum atomic E-state index is 12.8. The summed E-state index contributed by atoms with van der Waals surface area (Å²) in [4.78, 5) is 25.3. The smallest absolute Gasteiger partial charge is 0.336 e. The highest BCUT2D eigenvalue weighted by Gasteiger charge is 2.33. The van der Waals surface area contributed by atoms with Crippen molar-refractivity contribution in [2.45, 2.75) is 25.4 Å². The molecular weight excluding hydrogens is 357 g/mol. The van der Waals surface area contributed by atoms with Crippen molar-refractivity contribution in [1.82, 2.24) is 4.90 Å². The molecule has 0 aromatic heterocycles. The Morgan fingerprint density at radius 2 is 2.08 bits per heavy atom. The van der Waals surface area contributed by atoms with Crippen LogP contribution in [0.4, 0.5) is 18.9 Å². The summed E-state index contributed by atoms with van der Waals surface area (Å²) in [6.45, 7) is -0.237. The van der Waals surface area contributed by atoms with Gasteiger partial charge in [0.2, 0.25) is 11.8 Å². The summed E-state index contributed by atoms with van der Waals surface area (Å²) in [5, 5.41) is 1.91. The van der Waals surface area contributed by atoms with Crippen molar-refractivity contribution in [2.24, 2.45) is 5.92 Å². The number of carbonyl (C=O) groups excluding carboxylic acids is 2. The molecule has 0 saturated heterocycles. The van der Waals surface area contributed by atoms with Crippen molar-refractivity contribution in [3.63, 3.8) is 0 Å². The van der Waals surface area contributed by atoms with Gasteiger partial charge in [-0.2, -0.15) is 13.2 Å². The molecule has 0 aliphatic heterocycles. The van der Waals surface area contributed by atoms with Gasteiger partial charge in [0.05, 0.1) is 17.1 Å². The minimum atomic E-state index is -4.61. The van der Waals surface area contributed by atoms with Crippen molar-refractivity contribution in [3.05, 3.63) is 40.9 Å². The second kappa shape index (κ2) is 7.91. The van der Waals surface area contributed by atoms with E-state index in [0.29, 0.717) is 6.42 Å². The lowest BCUT2D eigenvalue weighted by Crippen LogP contribution is -2.35. The summed E-state index contributed by atoms with van der Waals surface area (Å²) in [6.07, 6.45) is 1.57. The number of allylic oxidation sites excluding steroid dienone is 2. The lowest BCUT2D eigenvalue weighted by atomic mass is 10.0. The summed E-state index contributed by atoms with van der Waals surface area (Å²) in [7, 11) is 1.49. The van der Waals surface area contributed by atoms with Crippen LogP contribution < -0.4 is 5.32 Å². The van der Waals surface area contributed by atoms with Crippen LogP contribution in [0.25, 0.3) is 0 Å². The second-order valence-corrected chi connectivity index (χ2v) is 6.37. The molecule has 2 rings (SSSR count). The lowest BCUT2D eigenvalue weighted by molar-refractivity contribution is -0.137. The standard InChI is InChI=1S/C17H18ClF3N2O2/c1-23(16(25)8-11-4-2-3-5-11)10-15(24)22-12-6-7-14(18)13(9-12)17(19,20)21/h2,4,6-7,9,11H,3,5,8,10H2,1H3,(H,22,24)/t11-/m0/s1. The first kappa shape index (κ1) is 19.3. The molecule has 1 aromatic carbocycles. The number of nitrogens with one attached hydrogen (secondary N) is 1. The van der Waals surface area contributed by atoms with E-state index < -0.39 is 22.7 Å². The molecule has 1 aliphatic carbocycles. The highest BCUT2D eigenvalue weighted by Crippen LogP contribution is 2.36. The SMILES string of the molecule is CN(CC(=O)Nc1ccc(Cl)c(C(F)(F)F)c1)C(=O)C[C@H]1C=CCC1. The highest BCUT2D eigenvalue weighted by molar-refractivity contribution is 6.31. The van der Waals surface area contributed by atoms with E-state index in [0.717, 1.165) is 25.0 Å². The molecule has 8 heteroatoms.